The van der Waals surface area contributed by atoms with Crippen molar-refractivity contribution in [2.24, 2.45) is 0 Å². The topological polar surface area (TPSA) is 63.1 Å². The first-order chi connectivity index (χ1) is 11.2. The number of carboxylic acids is 1. The average Bonchev–Trinajstić information content (AvgIpc) is 2.60. The molecule has 2 heterocycles. The average molecular weight is 300 g/mol. The first-order valence-electron chi connectivity index (χ1n) is 7.21. The van der Waals surface area contributed by atoms with Gasteiger partial charge in [0.15, 0.2) is 0 Å². The molecule has 4 heteroatoms. The van der Waals surface area contributed by atoms with Crippen molar-refractivity contribution in [1.29, 1.82) is 0 Å². The molecule has 0 bridgehead atoms. The molecule has 2 aromatic carbocycles. The van der Waals surface area contributed by atoms with E-state index in [2.05, 4.69) is 9.97 Å². The molecule has 4 nitrogen and oxygen atoms in total. The Bertz CT molecular complexity index is 1050. The molecule has 110 valence electrons. The predicted octanol–water partition coefficient (Wildman–Crippen LogP) is 4.15. The SMILES string of the molecule is O=C(O)c1cc(-c2ccnc3ccccc23)nc2ccccc12. The number of para-hydroxylation sites is 2. The lowest BCUT2D eigenvalue weighted by atomic mass is 10.0. The third kappa shape index (κ3) is 2.21. The fourth-order valence-corrected chi connectivity index (χ4v) is 2.81. The number of carboxylic acid groups (broad SMARTS) is 1. The number of fused-ring (bicyclic) bond motifs is 2. The minimum atomic E-state index is -0.955. The summed E-state index contributed by atoms with van der Waals surface area (Å²) in [4.78, 5) is 20.6. The highest BCUT2D eigenvalue weighted by Gasteiger charge is 2.14. The third-order valence-electron chi connectivity index (χ3n) is 3.87. The predicted molar refractivity (Wildman–Crippen MR) is 89.4 cm³/mol. The van der Waals surface area contributed by atoms with Gasteiger partial charge in [-0.15, -0.1) is 0 Å². The van der Waals surface area contributed by atoms with Crippen LogP contribution in [0.1, 0.15) is 10.4 Å². The van der Waals surface area contributed by atoms with Crippen molar-refractivity contribution < 1.29 is 9.90 Å². The van der Waals surface area contributed by atoms with Crippen molar-refractivity contribution in [3.8, 4) is 11.3 Å². The maximum absolute atomic E-state index is 11.6. The molecular weight excluding hydrogens is 288 g/mol. The molecule has 0 amide bonds. The Morgan fingerprint density at radius 1 is 0.870 bits per heavy atom. The van der Waals surface area contributed by atoms with Gasteiger partial charge in [-0.25, -0.2) is 9.78 Å². The van der Waals surface area contributed by atoms with Crippen LogP contribution < -0.4 is 0 Å². The summed E-state index contributed by atoms with van der Waals surface area (Å²) in [6.45, 7) is 0. The number of hydrogen-bond donors (Lipinski definition) is 1. The Kier molecular flexibility index (Phi) is 3.01. The largest absolute Gasteiger partial charge is 0.478 e. The molecule has 23 heavy (non-hydrogen) atoms. The van der Waals surface area contributed by atoms with Crippen molar-refractivity contribution in [1.82, 2.24) is 9.97 Å². The lowest BCUT2D eigenvalue weighted by Crippen LogP contribution is -2.00. The zero-order valence-corrected chi connectivity index (χ0v) is 12.1. The fraction of sp³-hybridized carbons (Fsp3) is 0. The summed E-state index contributed by atoms with van der Waals surface area (Å²) in [6.07, 6.45) is 1.72. The summed E-state index contributed by atoms with van der Waals surface area (Å²) in [7, 11) is 0. The van der Waals surface area contributed by atoms with E-state index >= 15 is 0 Å². The van der Waals surface area contributed by atoms with Crippen LogP contribution in [0.25, 0.3) is 33.1 Å². The van der Waals surface area contributed by atoms with Crippen LogP contribution in [-0.2, 0) is 0 Å². The number of pyridine rings is 2. The molecule has 0 fully saturated rings. The van der Waals surface area contributed by atoms with Gasteiger partial charge >= 0.3 is 5.97 Å². The number of nitrogens with zero attached hydrogens (tertiary/aromatic N) is 2. The van der Waals surface area contributed by atoms with Gasteiger partial charge in [-0.3, -0.25) is 4.98 Å². The molecule has 0 spiro atoms. The van der Waals surface area contributed by atoms with Gasteiger partial charge in [0, 0.05) is 22.5 Å². The molecule has 1 N–H and O–H groups in total. The van der Waals surface area contributed by atoms with Gasteiger partial charge < -0.3 is 5.11 Å². The lowest BCUT2D eigenvalue weighted by Gasteiger charge is -2.09. The molecule has 2 aromatic heterocycles. The van der Waals surface area contributed by atoms with Crippen LogP contribution in [0.15, 0.2) is 66.9 Å². The Balaban J connectivity index is 2.07. The van der Waals surface area contributed by atoms with Crippen molar-refractivity contribution in [3.05, 3.63) is 72.4 Å². The quantitative estimate of drug-likeness (QED) is 0.604. The summed E-state index contributed by atoms with van der Waals surface area (Å²) in [5, 5.41) is 11.1. The van der Waals surface area contributed by atoms with Crippen LogP contribution >= 0.6 is 0 Å². The number of benzene rings is 2. The van der Waals surface area contributed by atoms with Gasteiger partial charge in [0.1, 0.15) is 0 Å². The molecule has 0 aliphatic heterocycles. The maximum atomic E-state index is 11.6. The summed E-state index contributed by atoms with van der Waals surface area (Å²) >= 11 is 0. The van der Waals surface area contributed by atoms with E-state index in [-0.39, 0.29) is 5.56 Å². The molecule has 0 saturated heterocycles. The molecule has 0 atom stereocenters. The van der Waals surface area contributed by atoms with Crippen LogP contribution in [0.2, 0.25) is 0 Å². The van der Waals surface area contributed by atoms with Gasteiger partial charge in [0.2, 0.25) is 0 Å². The second-order valence-corrected chi connectivity index (χ2v) is 5.25. The van der Waals surface area contributed by atoms with Crippen LogP contribution in [0.3, 0.4) is 0 Å². The van der Waals surface area contributed by atoms with Gasteiger partial charge in [0.05, 0.1) is 22.3 Å². The number of aromatic nitrogens is 2. The van der Waals surface area contributed by atoms with E-state index in [9.17, 15) is 9.90 Å². The zero-order chi connectivity index (χ0) is 15.8. The van der Waals surface area contributed by atoms with E-state index in [0.29, 0.717) is 16.6 Å². The molecule has 0 aliphatic rings. The van der Waals surface area contributed by atoms with Gasteiger partial charge in [-0.1, -0.05) is 36.4 Å². The van der Waals surface area contributed by atoms with Crippen molar-refractivity contribution in [3.63, 3.8) is 0 Å². The Labute approximate surface area is 132 Å². The lowest BCUT2D eigenvalue weighted by molar-refractivity contribution is 0.0699. The smallest absolute Gasteiger partial charge is 0.336 e. The minimum Gasteiger partial charge on any atom is -0.478 e. The van der Waals surface area contributed by atoms with Crippen LogP contribution in [0.4, 0.5) is 0 Å². The molecule has 4 aromatic rings. The van der Waals surface area contributed by atoms with E-state index in [0.717, 1.165) is 16.5 Å². The first kappa shape index (κ1) is 13.4. The minimum absolute atomic E-state index is 0.256. The highest BCUT2D eigenvalue weighted by atomic mass is 16.4. The highest BCUT2D eigenvalue weighted by Crippen LogP contribution is 2.29. The summed E-state index contributed by atoms with van der Waals surface area (Å²) in [6, 6.07) is 18.5. The molecule has 0 unspecified atom stereocenters. The van der Waals surface area contributed by atoms with E-state index < -0.39 is 5.97 Å². The maximum Gasteiger partial charge on any atom is 0.336 e. The van der Waals surface area contributed by atoms with Gasteiger partial charge in [-0.2, -0.15) is 0 Å². The van der Waals surface area contributed by atoms with E-state index in [1.54, 1.807) is 18.3 Å². The Morgan fingerprint density at radius 2 is 1.57 bits per heavy atom. The molecule has 0 aliphatic carbocycles. The van der Waals surface area contributed by atoms with Crippen molar-refractivity contribution in [2.75, 3.05) is 0 Å². The van der Waals surface area contributed by atoms with E-state index in [1.807, 2.05) is 48.5 Å². The van der Waals surface area contributed by atoms with Crippen LogP contribution in [0, 0.1) is 0 Å². The van der Waals surface area contributed by atoms with Gasteiger partial charge in [-0.05, 0) is 24.3 Å². The normalized spacial score (nSPS) is 11.0. The van der Waals surface area contributed by atoms with Crippen molar-refractivity contribution in [2.45, 2.75) is 0 Å². The first-order valence-corrected chi connectivity index (χ1v) is 7.21. The highest BCUT2D eigenvalue weighted by molar-refractivity contribution is 6.05. The molecular formula is C19H12N2O2. The Hall–Kier alpha value is -3.27. The second kappa shape index (κ2) is 5.18. The monoisotopic (exact) mass is 300 g/mol. The number of rotatable bonds is 2. The third-order valence-corrected chi connectivity index (χ3v) is 3.87. The fourth-order valence-electron chi connectivity index (χ4n) is 2.81. The number of carbonyl (C=O) groups is 1. The van der Waals surface area contributed by atoms with Gasteiger partial charge in [0.25, 0.3) is 0 Å². The summed E-state index contributed by atoms with van der Waals surface area (Å²) in [5.74, 6) is -0.955. The number of aromatic carboxylic acids is 1. The standard InChI is InChI=1S/C19H12N2O2/c22-19(23)15-11-18(21-17-8-4-2-6-13(15)17)14-9-10-20-16-7-3-1-5-12(14)16/h1-11H,(H,22,23). The second-order valence-electron chi connectivity index (χ2n) is 5.25. The molecule has 0 saturated carbocycles. The number of hydrogen-bond acceptors (Lipinski definition) is 3. The molecule has 4 rings (SSSR count). The van der Waals surface area contributed by atoms with Crippen molar-refractivity contribution >= 4 is 27.8 Å². The molecule has 0 radical (unpaired) electrons. The summed E-state index contributed by atoms with van der Waals surface area (Å²) in [5.41, 5.74) is 3.30. The van der Waals surface area contributed by atoms with Crippen LogP contribution in [0.5, 0.6) is 0 Å². The van der Waals surface area contributed by atoms with Crippen LogP contribution in [-0.4, -0.2) is 21.0 Å². The van der Waals surface area contributed by atoms with E-state index in [4.69, 9.17) is 0 Å². The Morgan fingerprint density at radius 3 is 2.35 bits per heavy atom. The van der Waals surface area contributed by atoms with E-state index in [1.165, 1.54) is 0 Å². The zero-order valence-electron chi connectivity index (χ0n) is 12.1. The summed E-state index contributed by atoms with van der Waals surface area (Å²) < 4.78 is 0.